The van der Waals surface area contributed by atoms with Gasteiger partial charge in [-0.3, -0.25) is 4.55 Å². The van der Waals surface area contributed by atoms with Gasteiger partial charge in [0.2, 0.25) is 0 Å². The zero-order valence-corrected chi connectivity index (χ0v) is 26.4. The smallest absolute Gasteiger partial charge is 0.296 e. The van der Waals surface area contributed by atoms with E-state index in [0.29, 0.717) is 45.2 Å². The lowest BCUT2D eigenvalue weighted by Gasteiger charge is -2.06. The number of aromatic nitrogens is 8. The predicted octanol–water partition coefficient (Wildman–Crippen LogP) is 6.04. The lowest BCUT2D eigenvalue weighted by Crippen LogP contribution is -2.06. The van der Waals surface area contributed by atoms with Crippen LogP contribution in [-0.2, 0) is 19.2 Å². The minimum atomic E-state index is -5.19. The normalized spacial score (nSPS) is 12.7. The Hall–Kier alpha value is -5.61. The van der Waals surface area contributed by atoms with Gasteiger partial charge >= 0.3 is 0 Å². The quantitative estimate of drug-likeness (QED) is 0.141. The lowest BCUT2D eigenvalue weighted by molar-refractivity contribution is 0.481. The van der Waals surface area contributed by atoms with Gasteiger partial charge in [0.25, 0.3) is 19.2 Å². The van der Waals surface area contributed by atoms with Gasteiger partial charge in [-0.2, -0.15) is 8.42 Å². The molecule has 2 aliphatic heterocycles. The third kappa shape index (κ3) is 4.32. The Bertz CT molecular complexity index is 2970. The first kappa shape index (κ1) is 28.6. The van der Waals surface area contributed by atoms with Crippen LogP contribution < -0.4 is 0 Å². The van der Waals surface area contributed by atoms with Gasteiger partial charge in [-0.25, -0.2) is 38.3 Å². The number of nitrogens with zero attached hydrogens (tertiary/aromatic N) is 6. The van der Waals surface area contributed by atoms with Crippen molar-refractivity contribution >= 4 is 74.0 Å². The Labute approximate surface area is 274 Å². The van der Waals surface area contributed by atoms with E-state index in [1.807, 2.05) is 60.7 Å². The summed E-state index contributed by atoms with van der Waals surface area (Å²) >= 11 is 0. The fourth-order valence-electron chi connectivity index (χ4n) is 6.13. The van der Waals surface area contributed by atoms with E-state index in [1.165, 1.54) is 6.07 Å². The van der Waals surface area contributed by atoms with Crippen molar-refractivity contribution in [2.24, 2.45) is 0 Å². The highest BCUT2D eigenvalue weighted by Crippen LogP contribution is 2.39. The minimum absolute atomic E-state index is 0.0856. The van der Waals surface area contributed by atoms with Crippen LogP contribution in [0.15, 0.2) is 94.7 Å². The maximum atomic E-state index is 12.9. The summed E-state index contributed by atoms with van der Waals surface area (Å²) in [5.74, 6) is 1.07. The number of benzene rings is 4. The van der Waals surface area contributed by atoms with Crippen molar-refractivity contribution in [3.8, 4) is 45.6 Å². The molecule has 4 aromatic carbocycles. The molecule has 3 N–H and O–H groups in total. The van der Waals surface area contributed by atoms with Crippen molar-refractivity contribution < 1.29 is 21.4 Å². The van der Waals surface area contributed by atoms with Crippen LogP contribution in [0.25, 0.3) is 89.7 Å². The molecular weight excluding hydrogens is 676 g/mol. The maximum Gasteiger partial charge on any atom is 0.296 e. The highest BCUT2D eigenvalue weighted by Gasteiger charge is 2.30. The Morgan fingerprint density at radius 1 is 0.500 bits per heavy atom. The predicted molar refractivity (Wildman–Crippen MR) is 179 cm³/mol. The first-order valence-electron chi connectivity index (χ1n) is 14.2. The second-order valence-corrected chi connectivity index (χ2v) is 14.9. The molecule has 0 saturated carbocycles. The monoisotopic (exact) mass is 692 g/mol. The van der Waals surface area contributed by atoms with Crippen LogP contribution in [0.1, 0.15) is 0 Å². The Kier molecular flexibility index (Phi) is 5.93. The fraction of sp³-hybridized carbons (Fsp3) is 0. The zero-order chi connectivity index (χ0) is 32.9. The second kappa shape index (κ2) is 9.95. The number of rotatable bonds is 2. The first-order chi connectivity index (χ1) is 23.0. The van der Waals surface area contributed by atoms with Gasteiger partial charge in [-0.1, -0.05) is 72.8 Å². The molecule has 8 bridgehead atoms. The lowest BCUT2D eigenvalue weighted by atomic mass is 10.1. The summed E-state index contributed by atoms with van der Waals surface area (Å²) < 4.78 is 61.3. The summed E-state index contributed by atoms with van der Waals surface area (Å²) in [6.45, 7) is 0. The Morgan fingerprint density at radius 3 is 1.33 bits per heavy atom. The van der Waals surface area contributed by atoms with E-state index in [0.717, 1.165) is 16.8 Å². The molecule has 2 aliphatic rings. The second-order valence-electron chi connectivity index (χ2n) is 11.0. The molecule has 0 aliphatic carbocycles. The average molecular weight is 693 g/mol. The molecule has 0 unspecified atom stereocenters. The molecule has 7 aromatic rings. The SMILES string of the molecule is O=S(=O)(O)c1c(S(=O)(=O)Cl)ccc2c3nc4nc(nc5[nH]c(nc6nc(nc([nH]3)c12)-c1ccccc1-6)c1ccccc51)-c1ccccc1-4. The molecule has 0 spiro atoms. The van der Waals surface area contributed by atoms with Crippen LogP contribution in [0, 0.1) is 0 Å². The van der Waals surface area contributed by atoms with E-state index < -0.39 is 29.0 Å². The maximum absolute atomic E-state index is 12.9. The number of nitrogens with one attached hydrogen (secondary N) is 2. The Balaban J connectivity index is 1.55. The third-order valence-corrected chi connectivity index (χ3v) is 10.6. The molecule has 48 heavy (non-hydrogen) atoms. The molecular formula is C32H17ClN8O5S2. The van der Waals surface area contributed by atoms with E-state index >= 15 is 0 Å². The fourth-order valence-corrected chi connectivity index (χ4v) is 8.64. The summed E-state index contributed by atoms with van der Waals surface area (Å²) in [6, 6.07) is 24.5. The number of hydrogen-bond acceptors (Lipinski definition) is 10. The molecule has 0 amide bonds. The van der Waals surface area contributed by atoms with E-state index in [-0.39, 0.29) is 33.7 Å². The molecule has 0 saturated heterocycles. The molecule has 0 radical (unpaired) electrons. The van der Waals surface area contributed by atoms with Crippen LogP contribution >= 0.6 is 10.7 Å². The standard InChI is InChI=1S/C32H17ClN8O5S2/c33-47(42,43)22-14-13-21-23(24(22)48(44,45)46)32-40-30-20-12-6-5-11-19(20)28(38-30)36-26-16-8-2-1-7-15(16)25(34-26)35-27-17-9-3-4-10-18(17)29(37-27)39-31(21)41-32/h1-14H,(H,44,45,46)(H2,34,35,36,37,38,39,40,41). The van der Waals surface area contributed by atoms with Crippen LogP contribution in [0.4, 0.5) is 0 Å². The van der Waals surface area contributed by atoms with Gasteiger partial charge in [-0.05, 0) is 12.1 Å². The van der Waals surface area contributed by atoms with E-state index in [2.05, 4.69) is 9.97 Å². The van der Waals surface area contributed by atoms with Crippen LogP contribution in [-0.4, -0.2) is 61.3 Å². The van der Waals surface area contributed by atoms with Crippen molar-refractivity contribution in [2.75, 3.05) is 0 Å². The van der Waals surface area contributed by atoms with E-state index in [9.17, 15) is 21.4 Å². The molecule has 16 heteroatoms. The number of fused-ring (bicyclic) bond motifs is 20. The Morgan fingerprint density at radius 2 is 0.896 bits per heavy atom. The summed E-state index contributed by atoms with van der Waals surface area (Å²) in [4.78, 5) is 33.3. The van der Waals surface area contributed by atoms with Crippen LogP contribution in [0.5, 0.6) is 0 Å². The number of hydrogen-bond donors (Lipinski definition) is 3. The van der Waals surface area contributed by atoms with Crippen molar-refractivity contribution in [2.45, 2.75) is 9.79 Å². The van der Waals surface area contributed by atoms with E-state index in [4.69, 9.17) is 40.6 Å². The highest BCUT2D eigenvalue weighted by molar-refractivity contribution is 8.14. The summed E-state index contributed by atoms with van der Waals surface area (Å²) in [5.41, 5.74) is 3.51. The van der Waals surface area contributed by atoms with Gasteiger partial charge in [0.05, 0.1) is 5.39 Å². The molecule has 0 atom stereocenters. The first-order valence-corrected chi connectivity index (χ1v) is 18.0. The largest absolute Gasteiger partial charge is 0.324 e. The molecule has 3 aromatic heterocycles. The third-order valence-electron chi connectivity index (χ3n) is 8.16. The average Bonchev–Trinajstić information content (AvgIpc) is 3.79. The number of H-pyrrole nitrogens is 2. The summed E-state index contributed by atoms with van der Waals surface area (Å²) in [6.07, 6.45) is 0. The number of halogens is 1. The van der Waals surface area contributed by atoms with Gasteiger partial charge in [0.15, 0.2) is 23.3 Å². The van der Waals surface area contributed by atoms with Gasteiger partial charge in [0.1, 0.15) is 32.4 Å². The minimum Gasteiger partial charge on any atom is -0.324 e. The zero-order valence-electron chi connectivity index (χ0n) is 24.0. The molecule has 0 fully saturated rings. The topological polar surface area (TPSA) is 197 Å². The van der Waals surface area contributed by atoms with Crippen LogP contribution in [0.3, 0.4) is 0 Å². The van der Waals surface area contributed by atoms with Gasteiger partial charge in [0, 0.05) is 49.1 Å². The van der Waals surface area contributed by atoms with Gasteiger partial charge in [-0.15, -0.1) is 0 Å². The van der Waals surface area contributed by atoms with E-state index in [1.54, 1.807) is 12.1 Å². The van der Waals surface area contributed by atoms with Crippen LogP contribution in [0.2, 0.25) is 0 Å². The van der Waals surface area contributed by atoms with Crippen molar-refractivity contribution in [1.29, 1.82) is 0 Å². The van der Waals surface area contributed by atoms with Crippen molar-refractivity contribution in [3.05, 3.63) is 84.9 Å². The molecule has 5 heterocycles. The van der Waals surface area contributed by atoms with Crippen molar-refractivity contribution in [1.82, 2.24) is 39.9 Å². The molecule has 13 nitrogen and oxygen atoms in total. The van der Waals surface area contributed by atoms with Crippen molar-refractivity contribution in [3.63, 3.8) is 0 Å². The summed E-state index contributed by atoms with van der Waals surface area (Å²) in [7, 11) is -4.18. The summed E-state index contributed by atoms with van der Waals surface area (Å²) in [5, 5.41) is 1.47. The molecule has 9 rings (SSSR count). The number of aromatic amines is 2. The molecule has 234 valence electrons. The van der Waals surface area contributed by atoms with Gasteiger partial charge < -0.3 is 9.97 Å². The highest BCUT2D eigenvalue weighted by atomic mass is 35.7.